The fraction of sp³-hybridized carbons (Fsp3) is 0.286. The first-order chi connectivity index (χ1) is 6.68. The van der Waals surface area contributed by atoms with Gasteiger partial charge in [0.1, 0.15) is 15.4 Å². The van der Waals surface area contributed by atoms with Gasteiger partial charge in [-0.15, -0.1) is 16.4 Å². The molecule has 2 rings (SSSR count). The van der Waals surface area contributed by atoms with Crippen LogP contribution >= 0.6 is 22.9 Å². The summed E-state index contributed by atoms with van der Waals surface area (Å²) in [7, 11) is 1.71. The molecular formula is C7H7ClN4OS. The Morgan fingerprint density at radius 2 is 2.36 bits per heavy atom. The predicted octanol–water partition coefficient (Wildman–Crippen LogP) is 1.01. The minimum atomic E-state index is -0.813. The number of hydrogen-bond donors (Lipinski definition) is 1. The molecule has 0 saturated heterocycles. The Labute approximate surface area is 89.0 Å². The Morgan fingerprint density at radius 1 is 1.57 bits per heavy atom. The van der Waals surface area contributed by atoms with Crippen LogP contribution in [0.25, 0.3) is 0 Å². The molecule has 0 fully saturated rings. The smallest absolute Gasteiger partial charge is 0.149 e. The molecule has 1 atom stereocenters. The quantitative estimate of drug-likeness (QED) is 0.836. The maximum atomic E-state index is 9.86. The largest absolute Gasteiger partial charge is 0.379 e. The average molecular weight is 231 g/mol. The van der Waals surface area contributed by atoms with Gasteiger partial charge in [0.05, 0.1) is 18.1 Å². The number of aliphatic hydroxyl groups is 1. The molecule has 1 N–H and O–H groups in total. The lowest BCUT2D eigenvalue weighted by atomic mass is 10.3. The molecule has 0 amide bonds. The zero-order chi connectivity index (χ0) is 10.1. The molecule has 0 aromatic carbocycles. The number of halogens is 1. The highest BCUT2D eigenvalue weighted by Gasteiger charge is 2.17. The summed E-state index contributed by atoms with van der Waals surface area (Å²) in [5.41, 5.74) is 0.594. The molecule has 0 aliphatic carbocycles. The molecule has 0 spiro atoms. The van der Waals surface area contributed by atoms with Crippen LogP contribution in [0.15, 0.2) is 12.4 Å². The second-order valence-electron chi connectivity index (χ2n) is 2.69. The van der Waals surface area contributed by atoms with Crippen LogP contribution in [0.2, 0.25) is 4.34 Å². The van der Waals surface area contributed by atoms with Crippen molar-refractivity contribution >= 4 is 22.9 Å². The Balaban J connectivity index is 2.33. The van der Waals surface area contributed by atoms with E-state index >= 15 is 0 Å². The van der Waals surface area contributed by atoms with Crippen molar-refractivity contribution in [2.24, 2.45) is 7.05 Å². The van der Waals surface area contributed by atoms with Crippen molar-refractivity contribution in [2.45, 2.75) is 6.10 Å². The monoisotopic (exact) mass is 230 g/mol. The van der Waals surface area contributed by atoms with Crippen molar-refractivity contribution in [3.05, 3.63) is 27.4 Å². The minimum absolute atomic E-state index is 0.542. The van der Waals surface area contributed by atoms with Crippen LogP contribution in [0.5, 0.6) is 0 Å². The van der Waals surface area contributed by atoms with E-state index in [4.69, 9.17) is 11.6 Å². The third kappa shape index (κ3) is 1.63. The molecule has 5 nitrogen and oxygen atoms in total. The first-order valence-electron chi connectivity index (χ1n) is 3.82. The number of hydrogen-bond acceptors (Lipinski definition) is 5. The molecule has 0 radical (unpaired) electrons. The molecule has 0 aliphatic heterocycles. The third-order valence-electron chi connectivity index (χ3n) is 1.76. The number of nitrogens with zero attached hydrogens (tertiary/aromatic N) is 4. The second kappa shape index (κ2) is 3.64. The lowest BCUT2D eigenvalue weighted by molar-refractivity contribution is 0.209. The van der Waals surface area contributed by atoms with Crippen molar-refractivity contribution in [1.29, 1.82) is 0 Å². The number of aromatic nitrogens is 4. The van der Waals surface area contributed by atoms with E-state index in [1.54, 1.807) is 7.05 Å². The molecule has 0 saturated carbocycles. The van der Waals surface area contributed by atoms with Gasteiger partial charge in [0.15, 0.2) is 0 Å². The fourth-order valence-electron chi connectivity index (χ4n) is 1.07. The van der Waals surface area contributed by atoms with Gasteiger partial charge >= 0.3 is 0 Å². The standard InChI is InChI=1S/C7H7ClN4OS/c1-12-4(2-10-11-12)6(13)7-9-3-5(8)14-7/h2-3,6,13H,1H3. The second-order valence-corrected chi connectivity index (χ2v) is 4.38. The Kier molecular flexibility index (Phi) is 2.49. The highest BCUT2D eigenvalue weighted by molar-refractivity contribution is 7.15. The number of thiazole rings is 1. The number of rotatable bonds is 2. The van der Waals surface area contributed by atoms with Gasteiger partial charge in [-0.3, -0.25) is 0 Å². The van der Waals surface area contributed by atoms with E-state index in [1.807, 2.05) is 0 Å². The lowest BCUT2D eigenvalue weighted by Crippen LogP contribution is -2.05. The summed E-state index contributed by atoms with van der Waals surface area (Å²) in [6.45, 7) is 0. The molecule has 2 aromatic heterocycles. The summed E-state index contributed by atoms with van der Waals surface area (Å²) in [5, 5.41) is 17.8. The topological polar surface area (TPSA) is 63.8 Å². The van der Waals surface area contributed by atoms with Gasteiger partial charge in [-0.2, -0.15) is 0 Å². The van der Waals surface area contributed by atoms with Gasteiger partial charge in [-0.1, -0.05) is 16.8 Å². The van der Waals surface area contributed by atoms with Crippen molar-refractivity contribution in [2.75, 3.05) is 0 Å². The summed E-state index contributed by atoms with van der Waals surface area (Å²) in [6, 6.07) is 0. The average Bonchev–Trinajstić information content (AvgIpc) is 2.73. The van der Waals surface area contributed by atoms with Crippen molar-refractivity contribution in [3.63, 3.8) is 0 Å². The van der Waals surface area contributed by atoms with Gasteiger partial charge in [-0.05, 0) is 0 Å². The SMILES string of the molecule is Cn1nncc1C(O)c1ncc(Cl)s1. The summed E-state index contributed by atoms with van der Waals surface area (Å²) < 4.78 is 2.05. The molecule has 7 heteroatoms. The highest BCUT2D eigenvalue weighted by Crippen LogP contribution is 2.27. The van der Waals surface area contributed by atoms with E-state index in [9.17, 15) is 5.11 Å². The Bertz CT molecular complexity index is 440. The summed E-state index contributed by atoms with van der Waals surface area (Å²) in [4.78, 5) is 3.98. The van der Waals surface area contributed by atoms with E-state index < -0.39 is 6.10 Å². The van der Waals surface area contributed by atoms with E-state index in [2.05, 4.69) is 15.3 Å². The van der Waals surface area contributed by atoms with Crippen LogP contribution in [0, 0.1) is 0 Å². The maximum Gasteiger partial charge on any atom is 0.149 e. The number of aryl methyl sites for hydroxylation is 1. The number of aliphatic hydroxyl groups excluding tert-OH is 1. The summed E-state index contributed by atoms with van der Waals surface area (Å²) in [6.07, 6.45) is 2.20. The summed E-state index contributed by atoms with van der Waals surface area (Å²) in [5.74, 6) is 0. The first kappa shape index (κ1) is 9.57. The molecule has 0 aliphatic rings. The van der Waals surface area contributed by atoms with E-state index in [0.29, 0.717) is 15.0 Å². The zero-order valence-corrected chi connectivity index (χ0v) is 8.83. The summed E-state index contributed by atoms with van der Waals surface area (Å²) >= 11 is 6.95. The van der Waals surface area contributed by atoms with Crippen LogP contribution in [0.3, 0.4) is 0 Å². The van der Waals surface area contributed by atoms with Gasteiger partial charge in [0.25, 0.3) is 0 Å². The van der Waals surface area contributed by atoms with Crippen LogP contribution in [0.4, 0.5) is 0 Å². The molecule has 74 valence electrons. The van der Waals surface area contributed by atoms with Crippen LogP contribution in [0.1, 0.15) is 16.8 Å². The molecule has 0 bridgehead atoms. The Hall–Kier alpha value is -0.980. The van der Waals surface area contributed by atoms with E-state index in [-0.39, 0.29) is 0 Å². The fourth-order valence-corrected chi connectivity index (χ4v) is 1.99. The van der Waals surface area contributed by atoms with Crippen molar-refractivity contribution in [1.82, 2.24) is 20.0 Å². The van der Waals surface area contributed by atoms with E-state index in [0.717, 1.165) is 0 Å². The van der Waals surface area contributed by atoms with Crippen LogP contribution in [-0.2, 0) is 7.05 Å². The first-order valence-corrected chi connectivity index (χ1v) is 5.02. The maximum absolute atomic E-state index is 9.86. The van der Waals surface area contributed by atoms with Crippen molar-refractivity contribution in [3.8, 4) is 0 Å². The van der Waals surface area contributed by atoms with Gasteiger partial charge in [0, 0.05) is 7.05 Å². The zero-order valence-electron chi connectivity index (χ0n) is 7.25. The van der Waals surface area contributed by atoms with E-state index in [1.165, 1.54) is 28.4 Å². The van der Waals surface area contributed by atoms with Gasteiger partial charge in [0.2, 0.25) is 0 Å². The van der Waals surface area contributed by atoms with Crippen molar-refractivity contribution < 1.29 is 5.11 Å². The Morgan fingerprint density at radius 3 is 2.86 bits per heavy atom. The van der Waals surface area contributed by atoms with Gasteiger partial charge in [-0.25, -0.2) is 9.67 Å². The molecule has 2 aromatic rings. The molecule has 14 heavy (non-hydrogen) atoms. The predicted molar refractivity (Wildman–Crippen MR) is 52.2 cm³/mol. The molecule has 1 unspecified atom stereocenters. The van der Waals surface area contributed by atoms with Crippen LogP contribution in [-0.4, -0.2) is 25.1 Å². The highest BCUT2D eigenvalue weighted by atomic mass is 35.5. The third-order valence-corrected chi connectivity index (χ3v) is 2.93. The molecular weight excluding hydrogens is 224 g/mol. The van der Waals surface area contributed by atoms with Crippen LogP contribution < -0.4 is 0 Å². The molecule has 2 heterocycles. The van der Waals surface area contributed by atoms with Gasteiger partial charge < -0.3 is 5.11 Å². The lowest BCUT2D eigenvalue weighted by Gasteiger charge is -2.05. The minimum Gasteiger partial charge on any atom is -0.379 e. The normalized spacial score (nSPS) is 13.1.